The molecule has 5 heteroatoms. The molecule has 5 nitrogen and oxygen atoms in total. The lowest BCUT2D eigenvalue weighted by molar-refractivity contribution is 0.0759. The summed E-state index contributed by atoms with van der Waals surface area (Å²) in [5.41, 5.74) is 2.83. The van der Waals surface area contributed by atoms with Crippen molar-refractivity contribution < 1.29 is 9.59 Å². The minimum absolute atomic E-state index is 0.0409. The van der Waals surface area contributed by atoms with Gasteiger partial charge in [0, 0.05) is 34.5 Å². The van der Waals surface area contributed by atoms with Crippen LogP contribution < -0.4 is 10.6 Å². The lowest BCUT2D eigenvalue weighted by Crippen LogP contribution is -2.45. The largest absolute Gasteiger partial charge is 0.352 e. The highest BCUT2D eigenvalue weighted by atomic mass is 16.1. The number of hydrogen-bond acceptors (Lipinski definition) is 3. The molecule has 1 fully saturated rings. The molecule has 0 spiro atoms. The van der Waals surface area contributed by atoms with Crippen LogP contribution in [0.15, 0.2) is 18.2 Å². The molecule has 2 aliphatic rings. The number of nitrogens with one attached hydrogen (secondary N) is 3. The van der Waals surface area contributed by atoms with E-state index in [2.05, 4.69) is 29.5 Å². The fourth-order valence-corrected chi connectivity index (χ4v) is 5.06. The van der Waals surface area contributed by atoms with Gasteiger partial charge in [0.2, 0.25) is 0 Å². The molecule has 1 unspecified atom stereocenters. The summed E-state index contributed by atoms with van der Waals surface area (Å²) < 4.78 is 0. The maximum Gasteiger partial charge on any atom is 0.251 e. The van der Waals surface area contributed by atoms with Crippen molar-refractivity contribution in [3.63, 3.8) is 0 Å². The van der Waals surface area contributed by atoms with Crippen LogP contribution in [0.4, 0.5) is 0 Å². The number of aromatic amines is 1. The van der Waals surface area contributed by atoms with Crippen LogP contribution in [0.5, 0.6) is 0 Å². The molecule has 1 atom stereocenters. The molecule has 1 aromatic carbocycles. The van der Waals surface area contributed by atoms with Crippen LogP contribution in [-0.2, 0) is 5.41 Å². The van der Waals surface area contributed by atoms with E-state index in [-0.39, 0.29) is 28.6 Å². The molecule has 3 N–H and O–H groups in total. The Morgan fingerprint density at radius 2 is 1.96 bits per heavy atom. The monoisotopic (exact) mass is 367 g/mol. The fraction of sp³-hybridized carbons (Fsp3) is 0.545. The predicted molar refractivity (Wildman–Crippen MR) is 107 cm³/mol. The Labute approximate surface area is 160 Å². The van der Waals surface area contributed by atoms with Crippen molar-refractivity contribution in [3.05, 3.63) is 35.0 Å². The third kappa shape index (κ3) is 3.08. The quantitative estimate of drug-likeness (QED) is 0.760. The highest BCUT2D eigenvalue weighted by Crippen LogP contribution is 2.48. The van der Waals surface area contributed by atoms with Gasteiger partial charge in [0.15, 0.2) is 5.78 Å². The second-order valence-electron chi connectivity index (χ2n) is 9.43. The highest BCUT2D eigenvalue weighted by molar-refractivity contribution is 6.08. The van der Waals surface area contributed by atoms with Crippen LogP contribution in [0.3, 0.4) is 0 Å². The number of rotatable bonds is 2. The maximum absolute atomic E-state index is 13.0. The zero-order valence-electron chi connectivity index (χ0n) is 16.7. The summed E-state index contributed by atoms with van der Waals surface area (Å²) in [4.78, 5) is 29.1. The van der Waals surface area contributed by atoms with Crippen molar-refractivity contribution >= 4 is 22.6 Å². The van der Waals surface area contributed by atoms with Crippen molar-refractivity contribution in [2.75, 3.05) is 13.1 Å². The van der Waals surface area contributed by atoms with Crippen LogP contribution >= 0.6 is 0 Å². The van der Waals surface area contributed by atoms with Gasteiger partial charge in [-0.25, -0.2) is 0 Å². The Kier molecular flexibility index (Phi) is 4.18. The molecule has 2 heterocycles. The smallest absolute Gasteiger partial charge is 0.251 e. The van der Waals surface area contributed by atoms with Crippen molar-refractivity contribution in [3.8, 4) is 0 Å². The number of Topliss-reactive ketones (excluding diaryl/α,β-unsaturated/α-hetero) is 1. The van der Waals surface area contributed by atoms with Crippen molar-refractivity contribution in [1.29, 1.82) is 0 Å². The van der Waals surface area contributed by atoms with E-state index in [0.717, 1.165) is 48.8 Å². The predicted octanol–water partition coefficient (Wildman–Crippen LogP) is 3.54. The van der Waals surface area contributed by atoms with Crippen molar-refractivity contribution in [2.45, 2.75) is 58.4 Å². The normalized spacial score (nSPS) is 23.9. The third-order valence-electron chi connectivity index (χ3n) is 6.10. The second-order valence-corrected chi connectivity index (χ2v) is 9.43. The number of piperidine rings is 1. The average Bonchev–Trinajstić information content (AvgIpc) is 2.99. The summed E-state index contributed by atoms with van der Waals surface area (Å²) >= 11 is 0. The molecule has 2 aromatic rings. The first kappa shape index (κ1) is 18.2. The number of fused-ring (bicyclic) bond motifs is 3. The summed E-state index contributed by atoms with van der Waals surface area (Å²) in [5.74, 6) is 0.119. The molecule has 4 rings (SSSR count). The summed E-state index contributed by atoms with van der Waals surface area (Å²) in [5, 5.41) is 7.45. The number of carbonyl (C=O) groups excluding carboxylic acids is 2. The number of amides is 1. The topological polar surface area (TPSA) is 74.0 Å². The zero-order valence-corrected chi connectivity index (χ0v) is 16.7. The number of hydrogen-bond donors (Lipinski definition) is 3. The molecule has 1 aliphatic heterocycles. The van der Waals surface area contributed by atoms with Crippen LogP contribution in [-0.4, -0.2) is 35.8 Å². The Morgan fingerprint density at radius 3 is 2.67 bits per heavy atom. The van der Waals surface area contributed by atoms with Gasteiger partial charge in [0.25, 0.3) is 5.91 Å². The van der Waals surface area contributed by atoms with E-state index in [4.69, 9.17) is 0 Å². The molecule has 1 amide bonds. The van der Waals surface area contributed by atoms with E-state index in [0.29, 0.717) is 11.3 Å². The fourth-order valence-electron chi connectivity index (χ4n) is 5.06. The summed E-state index contributed by atoms with van der Waals surface area (Å²) in [6.07, 6.45) is 2.89. The van der Waals surface area contributed by atoms with E-state index < -0.39 is 0 Å². The van der Waals surface area contributed by atoms with E-state index in [1.165, 1.54) is 0 Å². The van der Waals surface area contributed by atoms with Gasteiger partial charge < -0.3 is 15.6 Å². The molecule has 1 aromatic heterocycles. The van der Waals surface area contributed by atoms with Crippen LogP contribution in [0.2, 0.25) is 0 Å². The molecule has 0 bridgehead atoms. The van der Waals surface area contributed by atoms with Gasteiger partial charge in [-0.2, -0.15) is 0 Å². The van der Waals surface area contributed by atoms with Gasteiger partial charge >= 0.3 is 0 Å². The number of H-pyrrole nitrogens is 1. The van der Waals surface area contributed by atoms with Gasteiger partial charge in [-0.3, -0.25) is 9.59 Å². The molecule has 0 saturated carbocycles. The van der Waals surface area contributed by atoms with Crippen LogP contribution in [0, 0.1) is 5.41 Å². The first-order valence-corrected chi connectivity index (χ1v) is 9.92. The number of carbonyl (C=O) groups is 2. The molecular formula is C22H29N3O2. The molecular weight excluding hydrogens is 338 g/mol. The van der Waals surface area contributed by atoms with E-state index in [1.807, 2.05) is 32.0 Å². The van der Waals surface area contributed by atoms with Crippen LogP contribution in [0.25, 0.3) is 10.9 Å². The van der Waals surface area contributed by atoms with Crippen molar-refractivity contribution in [1.82, 2.24) is 15.6 Å². The lowest BCUT2D eigenvalue weighted by atomic mass is 9.63. The Morgan fingerprint density at radius 1 is 1.19 bits per heavy atom. The van der Waals surface area contributed by atoms with Crippen LogP contribution in [0.1, 0.15) is 73.4 Å². The van der Waals surface area contributed by atoms with E-state index >= 15 is 0 Å². The molecule has 1 saturated heterocycles. The maximum atomic E-state index is 13.0. The standard InChI is InChI=1S/C22H29N3O2/c1-21(2)12-22(3,4)19(26)18-17(21)15-10-13(7-8-16(15)25-18)20(27)24-14-6-5-9-23-11-14/h7-8,10,14,23,25H,5-6,9,11-12H2,1-4H3,(H,24,27). The third-order valence-corrected chi connectivity index (χ3v) is 6.10. The number of benzene rings is 1. The molecule has 144 valence electrons. The van der Waals surface area contributed by atoms with E-state index in [1.54, 1.807) is 0 Å². The summed E-state index contributed by atoms with van der Waals surface area (Å²) in [6.45, 7) is 10.3. The SMILES string of the molecule is CC1(C)CC(C)(C)c2c([nH]c3ccc(C(=O)NC4CCCNC4)cc23)C1=O. The van der Waals surface area contributed by atoms with Gasteiger partial charge in [0.05, 0.1) is 5.69 Å². The van der Waals surface area contributed by atoms with Gasteiger partial charge in [-0.1, -0.05) is 27.7 Å². The minimum Gasteiger partial charge on any atom is -0.352 e. The first-order chi connectivity index (χ1) is 12.7. The Hall–Kier alpha value is -2.14. The highest BCUT2D eigenvalue weighted by Gasteiger charge is 2.45. The van der Waals surface area contributed by atoms with E-state index in [9.17, 15) is 9.59 Å². The average molecular weight is 367 g/mol. The van der Waals surface area contributed by atoms with Gasteiger partial charge in [0.1, 0.15) is 0 Å². The summed E-state index contributed by atoms with van der Waals surface area (Å²) in [7, 11) is 0. The molecule has 27 heavy (non-hydrogen) atoms. The van der Waals surface area contributed by atoms with Gasteiger partial charge in [-0.05, 0) is 55.0 Å². The Balaban J connectivity index is 1.73. The van der Waals surface area contributed by atoms with Crippen molar-refractivity contribution in [2.24, 2.45) is 5.41 Å². The zero-order chi connectivity index (χ0) is 19.4. The Bertz CT molecular complexity index is 917. The molecule has 1 aliphatic carbocycles. The second kappa shape index (κ2) is 6.20. The molecule has 0 radical (unpaired) electrons. The lowest BCUT2D eigenvalue weighted by Gasteiger charge is -2.39. The van der Waals surface area contributed by atoms with Gasteiger partial charge in [-0.15, -0.1) is 0 Å². The summed E-state index contributed by atoms with van der Waals surface area (Å²) in [6, 6.07) is 5.90. The number of aromatic nitrogens is 1. The first-order valence-electron chi connectivity index (χ1n) is 9.92. The minimum atomic E-state index is -0.383. The number of ketones is 1.